The third-order valence-corrected chi connectivity index (χ3v) is 5.27. The summed E-state index contributed by atoms with van der Waals surface area (Å²) in [5.74, 6) is 0.815. The molecule has 7 heteroatoms. The first-order valence-corrected chi connectivity index (χ1v) is 9.96. The van der Waals surface area contributed by atoms with E-state index in [-0.39, 0.29) is 18.1 Å². The summed E-state index contributed by atoms with van der Waals surface area (Å²) in [4.78, 5) is 29.7. The van der Waals surface area contributed by atoms with Crippen molar-refractivity contribution in [2.24, 2.45) is 0 Å². The second-order valence-corrected chi connectivity index (χ2v) is 7.10. The number of carbonyl (C=O) groups is 1. The molecule has 1 amide bonds. The Kier molecular flexibility index (Phi) is 5.20. The number of amides is 1. The van der Waals surface area contributed by atoms with Crippen LogP contribution in [0.3, 0.4) is 0 Å². The molecule has 29 heavy (non-hydrogen) atoms. The van der Waals surface area contributed by atoms with Crippen LogP contribution in [0.1, 0.15) is 19.2 Å². The predicted octanol–water partition coefficient (Wildman–Crippen LogP) is 2.69. The molecule has 4 aromatic rings. The third kappa shape index (κ3) is 3.55. The van der Waals surface area contributed by atoms with Gasteiger partial charge < -0.3 is 9.88 Å². The first kappa shape index (κ1) is 19.0. The minimum Gasteiger partial charge on any atom is -0.354 e. The first-order valence-electron chi connectivity index (χ1n) is 9.96. The van der Waals surface area contributed by atoms with Gasteiger partial charge in [-0.05, 0) is 44.5 Å². The summed E-state index contributed by atoms with van der Waals surface area (Å²) in [6, 6.07) is 15.6. The fraction of sp³-hybridized carbons (Fsp3) is 0.318. The Hall–Kier alpha value is -3.35. The van der Waals surface area contributed by atoms with Gasteiger partial charge in [-0.2, -0.15) is 0 Å². The van der Waals surface area contributed by atoms with Crippen molar-refractivity contribution in [1.29, 1.82) is 0 Å². The molecule has 2 aromatic carbocycles. The number of benzene rings is 2. The smallest absolute Gasteiger partial charge is 0.329 e. The van der Waals surface area contributed by atoms with Gasteiger partial charge in [0.15, 0.2) is 0 Å². The van der Waals surface area contributed by atoms with Crippen LogP contribution < -0.4 is 11.0 Å². The second kappa shape index (κ2) is 7.95. The highest BCUT2D eigenvalue weighted by atomic mass is 16.2. The van der Waals surface area contributed by atoms with E-state index in [9.17, 15) is 9.59 Å². The Morgan fingerprint density at radius 2 is 1.62 bits per heavy atom. The van der Waals surface area contributed by atoms with Crippen LogP contribution in [-0.4, -0.2) is 31.1 Å². The molecule has 0 fully saturated rings. The van der Waals surface area contributed by atoms with Gasteiger partial charge in [0.25, 0.3) is 0 Å². The predicted molar refractivity (Wildman–Crippen MR) is 114 cm³/mol. The maximum Gasteiger partial charge on any atom is 0.329 e. The van der Waals surface area contributed by atoms with Crippen molar-refractivity contribution in [2.75, 3.05) is 6.54 Å². The van der Waals surface area contributed by atoms with Crippen molar-refractivity contribution < 1.29 is 4.79 Å². The summed E-state index contributed by atoms with van der Waals surface area (Å²) in [5, 5.41) is 2.94. The number of para-hydroxylation sites is 4. The van der Waals surface area contributed by atoms with E-state index in [4.69, 9.17) is 0 Å². The third-order valence-electron chi connectivity index (χ3n) is 5.27. The first-order chi connectivity index (χ1) is 14.1. The fourth-order valence-corrected chi connectivity index (χ4v) is 3.87. The summed E-state index contributed by atoms with van der Waals surface area (Å²) in [5.41, 5.74) is 3.59. The van der Waals surface area contributed by atoms with Crippen molar-refractivity contribution in [3.63, 3.8) is 0 Å². The molecule has 150 valence electrons. The summed E-state index contributed by atoms with van der Waals surface area (Å²) in [7, 11) is 0. The van der Waals surface area contributed by atoms with Crippen LogP contribution in [0.15, 0.2) is 53.3 Å². The van der Waals surface area contributed by atoms with Gasteiger partial charge in [0.1, 0.15) is 12.4 Å². The zero-order valence-corrected chi connectivity index (χ0v) is 16.8. The zero-order chi connectivity index (χ0) is 20.4. The Bertz CT molecular complexity index is 1230. The highest BCUT2D eigenvalue weighted by Gasteiger charge is 2.14. The molecule has 0 aliphatic rings. The minimum absolute atomic E-state index is 0.0272. The molecular weight excluding hydrogens is 366 g/mol. The van der Waals surface area contributed by atoms with E-state index in [1.54, 1.807) is 9.13 Å². The molecule has 0 saturated carbocycles. The lowest BCUT2D eigenvalue weighted by atomic mass is 10.3. The van der Waals surface area contributed by atoms with Gasteiger partial charge >= 0.3 is 5.69 Å². The number of hydrogen-bond donors (Lipinski definition) is 1. The zero-order valence-electron chi connectivity index (χ0n) is 16.8. The van der Waals surface area contributed by atoms with E-state index in [0.29, 0.717) is 13.1 Å². The van der Waals surface area contributed by atoms with Gasteiger partial charge in [0.2, 0.25) is 5.91 Å². The molecule has 4 rings (SSSR count). The molecule has 2 aromatic heterocycles. The standard InChI is InChI=1S/C22H25N5O2/c1-3-25-19-11-6-7-12-20(19)27(22(25)29)15-21(28)23-13-8-14-26-16(2)24-17-9-4-5-10-18(17)26/h4-7,9-12H,3,8,13-15H2,1-2H3,(H,23,28). The average Bonchev–Trinajstić information content (AvgIpc) is 3.19. The normalized spacial score (nSPS) is 11.4. The molecule has 0 radical (unpaired) electrons. The lowest BCUT2D eigenvalue weighted by molar-refractivity contribution is -0.121. The van der Waals surface area contributed by atoms with Crippen molar-refractivity contribution in [3.05, 3.63) is 64.8 Å². The summed E-state index contributed by atoms with van der Waals surface area (Å²) in [6.45, 7) is 5.85. The van der Waals surface area contributed by atoms with Crippen LogP contribution in [0.5, 0.6) is 0 Å². The lowest BCUT2D eigenvalue weighted by Gasteiger charge is -2.09. The molecule has 1 N–H and O–H groups in total. The van der Waals surface area contributed by atoms with Crippen LogP contribution >= 0.6 is 0 Å². The summed E-state index contributed by atoms with van der Waals surface area (Å²) < 4.78 is 5.40. The fourth-order valence-electron chi connectivity index (χ4n) is 3.87. The van der Waals surface area contributed by atoms with Gasteiger partial charge in [-0.3, -0.25) is 13.9 Å². The van der Waals surface area contributed by atoms with Crippen molar-refractivity contribution in [1.82, 2.24) is 24.0 Å². The van der Waals surface area contributed by atoms with Gasteiger partial charge in [0, 0.05) is 19.6 Å². The molecule has 0 aliphatic carbocycles. The molecule has 0 saturated heterocycles. The Balaban J connectivity index is 1.39. The monoisotopic (exact) mass is 391 g/mol. The van der Waals surface area contributed by atoms with Crippen molar-refractivity contribution >= 4 is 28.0 Å². The number of rotatable bonds is 7. The van der Waals surface area contributed by atoms with Crippen molar-refractivity contribution in [2.45, 2.75) is 39.9 Å². The Morgan fingerprint density at radius 1 is 0.966 bits per heavy atom. The molecule has 2 heterocycles. The van der Waals surface area contributed by atoms with E-state index in [0.717, 1.165) is 40.9 Å². The number of nitrogens with one attached hydrogen (secondary N) is 1. The lowest BCUT2D eigenvalue weighted by Crippen LogP contribution is -2.33. The van der Waals surface area contributed by atoms with Crippen LogP contribution in [0, 0.1) is 6.92 Å². The van der Waals surface area contributed by atoms with Crippen LogP contribution in [0.2, 0.25) is 0 Å². The highest BCUT2D eigenvalue weighted by Crippen LogP contribution is 2.15. The van der Waals surface area contributed by atoms with E-state index < -0.39 is 0 Å². The van der Waals surface area contributed by atoms with E-state index in [2.05, 4.69) is 20.9 Å². The number of carbonyl (C=O) groups excluding carboxylic acids is 1. The maximum absolute atomic E-state index is 12.6. The van der Waals surface area contributed by atoms with Crippen LogP contribution in [0.25, 0.3) is 22.1 Å². The average molecular weight is 391 g/mol. The van der Waals surface area contributed by atoms with E-state index in [1.807, 2.05) is 56.3 Å². The van der Waals surface area contributed by atoms with E-state index in [1.165, 1.54) is 0 Å². The van der Waals surface area contributed by atoms with Gasteiger partial charge in [-0.25, -0.2) is 9.78 Å². The highest BCUT2D eigenvalue weighted by molar-refractivity contribution is 5.81. The largest absolute Gasteiger partial charge is 0.354 e. The van der Waals surface area contributed by atoms with Crippen LogP contribution in [-0.2, 0) is 24.4 Å². The quantitative estimate of drug-likeness (QED) is 0.492. The van der Waals surface area contributed by atoms with Gasteiger partial charge in [0.05, 0.1) is 22.1 Å². The Morgan fingerprint density at radius 3 is 2.34 bits per heavy atom. The second-order valence-electron chi connectivity index (χ2n) is 7.10. The SMILES string of the molecule is CCn1c(=O)n(CC(=O)NCCCn2c(C)nc3ccccc32)c2ccccc21. The van der Waals surface area contributed by atoms with E-state index >= 15 is 0 Å². The minimum atomic E-state index is -0.154. The Labute approximate surface area is 168 Å². The van der Waals surface area contributed by atoms with Gasteiger partial charge in [-0.15, -0.1) is 0 Å². The molecule has 0 aliphatic heterocycles. The molecule has 7 nitrogen and oxygen atoms in total. The number of aryl methyl sites for hydroxylation is 3. The van der Waals surface area contributed by atoms with Gasteiger partial charge in [-0.1, -0.05) is 24.3 Å². The summed E-state index contributed by atoms with van der Waals surface area (Å²) in [6.07, 6.45) is 0.790. The summed E-state index contributed by atoms with van der Waals surface area (Å²) >= 11 is 0. The van der Waals surface area contributed by atoms with Crippen LogP contribution in [0.4, 0.5) is 0 Å². The molecule has 0 bridgehead atoms. The maximum atomic E-state index is 12.6. The number of imidazole rings is 2. The number of nitrogens with zero attached hydrogens (tertiary/aromatic N) is 4. The van der Waals surface area contributed by atoms with Crippen molar-refractivity contribution in [3.8, 4) is 0 Å². The molecular formula is C22H25N5O2. The number of fused-ring (bicyclic) bond motifs is 2. The molecule has 0 atom stereocenters. The topological polar surface area (TPSA) is 73.8 Å². The number of hydrogen-bond acceptors (Lipinski definition) is 3. The molecule has 0 spiro atoms. The molecule has 0 unspecified atom stereocenters. The number of aromatic nitrogens is 4.